The number of carbonyl (C=O) groups is 1. The van der Waals surface area contributed by atoms with Crippen LogP contribution in [0.15, 0.2) is 30.5 Å². The third-order valence-corrected chi connectivity index (χ3v) is 6.86. The maximum atomic E-state index is 13.2. The molecule has 174 valence electrons. The molecule has 3 aromatic rings. The molecule has 7 heteroatoms. The molecule has 7 nitrogen and oxygen atoms in total. The van der Waals surface area contributed by atoms with Crippen molar-refractivity contribution in [1.29, 1.82) is 0 Å². The molecule has 5 rings (SSSR count). The number of benzene rings is 1. The van der Waals surface area contributed by atoms with E-state index in [-0.39, 0.29) is 18.0 Å². The van der Waals surface area contributed by atoms with Crippen molar-refractivity contribution in [3.05, 3.63) is 41.7 Å². The monoisotopic (exact) mass is 448 g/mol. The first-order chi connectivity index (χ1) is 16.0. The number of fused-ring (bicyclic) bond motifs is 1. The largest absolute Gasteiger partial charge is 0.497 e. The molecule has 4 N–H and O–H groups in total. The van der Waals surface area contributed by atoms with E-state index in [9.17, 15) is 4.79 Å². The Kier molecular flexibility index (Phi) is 5.98. The van der Waals surface area contributed by atoms with Gasteiger partial charge < -0.3 is 25.5 Å². The predicted molar refractivity (Wildman–Crippen MR) is 129 cm³/mol. The molecular weight excluding hydrogens is 416 g/mol. The van der Waals surface area contributed by atoms with Crippen LogP contribution < -0.4 is 20.5 Å². The fourth-order valence-electron chi connectivity index (χ4n) is 4.69. The lowest BCUT2D eigenvalue weighted by molar-refractivity contribution is 0.0927. The number of aromatic nitrogens is 2. The molecule has 1 aromatic carbocycles. The lowest BCUT2D eigenvalue weighted by Crippen LogP contribution is -2.40. The molecule has 0 atom stereocenters. The number of methoxy groups -OCH3 is 1. The third-order valence-electron chi connectivity index (χ3n) is 6.86. The van der Waals surface area contributed by atoms with Crippen LogP contribution in [0.4, 0.5) is 0 Å². The molecule has 0 unspecified atom stereocenters. The molecule has 33 heavy (non-hydrogen) atoms. The van der Waals surface area contributed by atoms with Gasteiger partial charge >= 0.3 is 0 Å². The minimum atomic E-state index is -0.0836. The van der Waals surface area contributed by atoms with Crippen molar-refractivity contribution < 1.29 is 14.3 Å². The van der Waals surface area contributed by atoms with E-state index < -0.39 is 0 Å². The van der Waals surface area contributed by atoms with Gasteiger partial charge in [0.05, 0.1) is 24.8 Å². The Morgan fingerprint density at radius 3 is 2.67 bits per heavy atom. The first-order valence-electron chi connectivity index (χ1n) is 11.9. The standard InChI is InChI=1S/C26H32N4O3/c1-15-23(26(31)30-18-7-5-17(27)6-8-18)25-24(29-15)20(11-12-28-25)21-13-19(32-2)9-10-22(21)33-14-16-3-4-16/h9-13,16-18,29H,3-8,14,27H2,1-2H3,(H,30,31). The van der Waals surface area contributed by atoms with E-state index in [1.807, 2.05) is 31.2 Å². The van der Waals surface area contributed by atoms with E-state index in [0.717, 1.165) is 66.1 Å². The smallest absolute Gasteiger partial charge is 0.255 e. The Morgan fingerprint density at radius 2 is 1.94 bits per heavy atom. The van der Waals surface area contributed by atoms with Gasteiger partial charge in [-0.2, -0.15) is 0 Å². The molecule has 2 aromatic heterocycles. The van der Waals surface area contributed by atoms with Crippen LogP contribution in [0, 0.1) is 12.8 Å². The Bertz CT molecular complexity index is 1160. The SMILES string of the molecule is COc1ccc(OCC2CC2)c(-c2ccnc3c(C(=O)NC4CCC(N)CC4)c(C)[nH]c23)c1. The van der Waals surface area contributed by atoms with Crippen molar-refractivity contribution in [1.82, 2.24) is 15.3 Å². The molecule has 2 fully saturated rings. The van der Waals surface area contributed by atoms with Gasteiger partial charge in [-0.3, -0.25) is 9.78 Å². The minimum Gasteiger partial charge on any atom is -0.497 e. The number of aryl methyl sites for hydroxylation is 1. The summed E-state index contributed by atoms with van der Waals surface area (Å²) in [5.74, 6) is 2.13. The molecule has 2 aliphatic rings. The van der Waals surface area contributed by atoms with Gasteiger partial charge in [0, 0.05) is 35.1 Å². The summed E-state index contributed by atoms with van der Waals surface area (Å²) < 4.78 is 11.7. The van der Waals surface area contributed by atoms with Crippen molar-refractivity contribution in [3.8, 4) is 22.6 Å². The summed E-state index contributed by atoms with van der Waals surface area (Å²) in [6, 6.07) is 8.22. The predicted octanol–water partition coefficient (Wildman–Crippen LogP) is 4.34. The Balaban J connectivity index is 1.50. The molecule has 2 aliphatic carbocycles. The first kappa shape index (κ1) is 21.8. The summed E-state index contributed by atoms with van der Waals surface area (Å²) in [5, 5.41) is 3.20. The van der Waals surface area contributed by atoms with E-state index in [2.05, 4.69) is 15.3 Å². The van der Waals surface area contributed by atoms with Crippen molar-refractivity contribution >= 4 is 16.9 Å². The minimum absolute atomic E-state index is 0.0836. The normalized spacial score (nSPS) is 20.6. The highest BCUT2D eigenvalue weighted by Crippen LogP contribution is 2.39. The lowest BCUT2D eigenvalue weighted by Gasteiger charge is -2.26. The number of hydrogen-bond acceptors (Lipinski definition) is 5. The van der Waals surface area contributed by atoms with E-state index in [4.69, 9.17) is 15.2 Å². The zero-order valence-electron chi connectivity index (χ0n) is 19.3. The highest BCUT2D eigenvalue weighted by Gasteiger charge is 2.26. The van der Waals surface area contributed by atoms with Gasteiger partial charge in [0.25, 0.3) is 5.91 Å². The van der Waals surface area contributed by atoms with E-state index in [1.54, 1.807) is 13.3 Å². The highest BCUT2D eigenvalue weighted by molar-refractivity contribution is 6.09. The molecule has 0 saturated heterocycles. The summed E-state index contributed by atoms with van der Waals surface area (Å²) in [7, 11) is 1.66. The number of amides is 1. The van der Waals surface area contributed by atoms with Gasteiger partial charge in [-0.15, -0.1) is 0 Å². The number of pyridine rings is 1. The van der Waals surface area contributed by atoms with Crippen LogP contribution in [-0.2, 0) is 0 Å². The van der Waals surface area contributed by atoms with Crippen molar-refractivity contribution in [3.63, 3.8) is 0 Å². The van der Waals surface area contributed by atoms with E-state index in [0.29, 0.717) is 17.0 Å². The Labute approximate surface area is 194 Å². The molecule has 0 spiro atoms. The average molecular weight is 449 g/mol. The second-order valence-corrected chi connectivity index (χ2v) is 9.41. The fourth-order valence-corrected chi connectivity index (χ4v) is 4.69. The maximum Gasteiger partial charge on any atom is 0.255 e. The van der Waals surface area contributed by atoms with Gasteiger partial charge in [0.2, 0.25) is 0 Å². The second-order valence-electron chi connectivity index (χ2n) is 9.41. The number of nitrogens with one attached hydrogen (secondary N) is 2. The molecule has 0 radical (unpaired) electrons. The van der Waals surface area contributed by atoms with Crippen molar-refractivity contribution in [2.45, 2.75) is 57.5 Å². The molecule has 0 bridgehead atoms. The molecule has 2 saturated carbocycles. The Hall–Kier alpha value is -3.06. The van der Waals surface area contributed by atoms with Gasteiger partial charge in [-0.1, -0.05) is 0 Å². The van der Waals surface area contributed by atoms with Crippen LogP contribution in [0.25, 0.3) is 22.2 Å². The van der Waals surface area contributed by atoms with Crippen LogP contribution in [0.3, 0.4) is 0 Å². The van der Waals surface area contributed by atoms with Crippen LogP contribution >= 0.6 is 0 Å². The number of nitrogens with zero attached hydrogens (tertiary/aromatic N) is 1. The summed E-state index contributed by atoms with van der Waals surface area (Å²) in [6.07, 6.45) is 7.93. The fraction of sp³-hybridized carbons (Fsp3) is 0.462. The van der Waals surface area contributed by atoms with Crippen molar-refractivity contribution in [2.24, 2.45) is 11.7 Å². The average Bonchev–Trinajstić information content (AvgIpc) is 3.58. The number of nitrogens with two attached hydrogens (primary N) is 1. The van der Waals surface area contributed by atoms with E-state index in [1.165, 1.54) is 12.8 Å². The van der Waals surface area contributed by atoms with Crippen LogP contribution in [-0.4, -0.2) is 41.7 Å². The highest BCUT2D eigenvalue weighted by atomic mass is 16.5. The van der Waals surface area contributed by atoms with Crippen LogP contribution in [0.1, 0.15) is 54.6 Å². The number of carbonyl (C=O) groups excluding carboxylic acids is 1. The summed E-state index contributed by atoms with van der Waals surface area (Å²) in [5.41, 5.74) is 10.8. The van der Waals surface area contributed by atoms with Gasteiger partial charge in [-0.25, -0.2) is 0 Å². The zero-order chi connectivity index (χ0) is 22.9. The molecule has 1 amide bonds. The van der Waals surface area contributed by atoms with Crippen molar-refractivity contribution in [2.75, 3.05) is 13.7 Å². The zero-order valence-corrected chi connectivity index (χ0v) is 19.3. The van der Waals surface area contributed by atoms with Gasteiger partial charge in [0.15, 0.2) is 0 Å². The summed E-state index contributed by atoms with van der Waals surface area (Å²) in [4.78, 5) is 21.3. The number of hydrogen-bond donors (Lipinski definition) is 3. The van der Waals surface area contributed by atoms with Gasteiger partial charge in [-0.05, 0) is 75.6 Å². The molecule has 0 aliphatic heterocycles. The molecule has 2 heterocycles. The third kappa shape index (κ3) is 4.55. The number of rotatable bonds is 7. The van der Waals surface area contributed by atoms with Crippen LogP contribution in [0.2, 0.25) is 0 Å². The summed E-state index contributed by atoms with van der Waals surface area (Å²) in [6.45, 7) is 2.64. The maximum absolute atomic E-state index is 13.2. The molecular formula is C26H32N4O3. The first-order valence-corrected chi connectivity index (χ1v) is 11.9. The lowest BCUT2D eigenvalue weighted by atomic mass is 9.91. The van der Waals surface area contributed by atoms with Crippen LogP contribution in [0.5, 0.6) is 11.5 Å². The summed E-state index contributed by atoms with van der Waals surface area (Å²) >= 11 is 0. The second kappa shape index (κ2) is 9.06. The number of H-pyrrole nitrogens is 1. The topological polar surface area (TPSA) is 102 Å². The quantitative estimate of drug-likeness (QED) is 0.499. The van der Waals surface area contributed by atoms with E-state index >= 15 is 0 Å². The number of ether oxygens (including phenoxy) is 2. The van der Waals surface area contributed by atoms with Gasteiger partial charge in [0.1, 0.15) is 17.0 Å². The Morgan fingerprint density at radius 1 is 1.15 bits per heavy atom. The number of aromatic amines is 1.